The Morgan fingerprint density at radius 2 is 2.05 bits per heavy atom. The van der Waals surface area contributed by atoms with Crippen LogP contribution in [0.1, 0.15) is 25.3 Å². The van der Waals surface area contributed by atoms with Gasteiger partial charge in [-0.25, -0.2) is 0 Å². The molecule has 1 aromatic carbocycles. The van der Waals surface area contributed by atoms with E-state index in [4.69, 9.17) is 10.5 Å². The highest BCUT2D eigenvalue weighted by atomic mass is 16.5. The molecule has 1 aliphatic carbocycles. The van der Waals surface area contributed by atoms with Crippen molar-refractivity contribution in [2.24, 2.45) is 11.7 Å². The van der Waals surface area contributed by atoms with Crippen molar-refractivity contribution < 1.29 is 9.53 Å². The molecule has 4 nitrogen and oxygen atoms in total. The Morgan fingerprint density at radius 1 is 1.42 bits per heavy atom. The van der Waals surface area contributed by atoms with Crippen LogP contribution in [-0.4, -0.2) is 24.6 Å². The van der Waals surface area contributed by atoms with Crippen molar-refractivity contribution in [3.8, 4) is 5.75 Å². The molecule has 0 bridgehead atoms. The van der Waals surface area contributed by atoms with Crippen LogP contribution in [0, 0.1) is 12.8 Å². The van der Waals surface area contributed by atoms with Gasteiger partial charge in [-0.1, -0.05) is 17.7 Å². The quantitative estimate of drug-likeness (QED) is 0.818. The molecule has 0 aromatic heterocycles. The van der Waals surface area contributed by atoms with Crippen LogP contribution >= 0.6 is 0 Å². The number of ether oxygens (including phenoxy) is 1. The minimum Gasteiger partial charge on any atom is -0.481 e. The number of aryl methyl sites for hydroxylation is 1. The van der Waals surface area contributed by atoms with Gasteiger partial charge in [0.05, 0.1) is 0 Å². The summed E-state index contributed by atoms with van der Waals surface area (Å²) in [7, 11) is 0. The highest BCUT2D eigenvalue weighted by molar-refractivity contribution is 5.80. The molecule has 0 radical (unpaired) electrons. The van der Waals surface area contributed by atoms with E-state index in [1.165, 1.54) is 18.4 Å². The summed E-state index contributed by atoms with van der Waals surface area (Å²) < 4.78 is 5.59. The largest absolute Gasteiger partial charge is 0.481 e. The number of carbonyl (C=O) groups is 1. The minimum absolute atomic E-state index is 0.0792. The molecule has 0 heterocycles. The van der Waals surface area contributed by atoms with Gasteiger partial charge in [0.25, 0.3) is 5.91 Å². The van der Waals surface area contributed by atoms with Crippen LogP contribution in [0.5, 0.6) is 5.75 Å². The molecule has 1 saturated carbocycles. The fraction of sp³-hybridized carbons (Fsp3) is 0.533. The van der Waals surface area contributed by atoms with Crippen LogP contribution in [0.25, 0.3) is 0 Å². The van der Waals surface area contributed by atoms with Crippen LogP contribution < -0.4 is 15.8 Å². The molecular weight excluding hydrogens is 240 g/mol. The van der Waals surface area contributed by atoms with Crippen LogP contribution in [0.2, 0.25) is 0 Å². The summed E-state index contributed by atoms with van der Waals surface area (Å²) in [5, 5.41) is 2.85. The molecule has 4 heteroatoms. The van der Waals surface area contributed by atoms with Gasteiger partial charge in [-0.2, -0.15) is 0 Å². The Labute approximate surface area is 114 Å². The summed E-state index contributed by atoms with van der Waals surface area (Å²) in [6.07, 6.45) is 1.87. The van der Waals surface area contributed by atoms with E-state index in [1.807, 2.05) is 31.2 Å². The van der Waals surface area contributed by atoms with E-state index in [0.29, 0.717) is 18.2 Å². The van der Waals surface area contributed by atoms with Crippen LogP contribution in [0.15, 0.2) is 24.3 Å². The molecule has 2 unspecified atom stereocenters. The number of hydrogen-bond acceptors (Lipinski definition) is 3. The summed E-state index contributed by atoms with van der Waals surface area (Å²) in [5.74, 6) is 1.19. The highest BCUT2D eigenvalue weighted by Crippen LogP contribution is 2.31. The van der Waals surface area contributed by atoms with E-state index in [1.54, 1.807) is 6.92 Å². The minimum atomic E-state index is -0.505. The lowest BCUT2D eigenvalue weighted by Crippen LogP contribution is -2.43. The lowest BCUT2D eigenvalue weighted by molar-refractivity contribution is -0.127. The average molecular weight is 262 g/mol. The van der Waals surface area contributed by atoms with Crippen molar-refractivity contribution in [2.75, 3.05) is 6.54 Å². The lowest BCUT2D eigenvalue weighted by Gasteiger charge is -2.17. The zero-order chi connectivity index (χ0) is 13.8. The van der Waals surface area contributed by atoms with Gasteiger partial charge in [-0.05, 0) is 44.7 Å². The molecule has 0 aliphatic heterocycles. The number of nitrogens with two attached hydrogens (primary N) is 1. The average Bonchev–Trinajstić information content (AvgIpc) is 3.22. The van der Waals surface area contributed by atoms with E-state index < -0.39 is 6.10 Å². The third-order valence-corrected chi connectivity index (χ3v) is 3.44. The summed E-state index contributed by atoms with van der Waals surface area (Å²) in [6.45, 7) is 4.29. The molecule has 1 fully saturated rings. The van der Waals surface area contributed by atoms with Crippen molar-refractivity contribution in [1.82, 2.24) is 5.32 Å². The summed E-state index contributed by atoms with van der Waals surface area (Å²) in [4.78, 5) is 11.9. The van der Waals surface area contributed by atoms with Crippen LogP contribution in [-0.2, 0) is 4.79 Å². The molecule has 2 rings (SSSR count). The van der Waals surface area contributed by atoms with E-state index in [2.05, 4.69) is 5.32 Å². The first-order valence-electron chi connectivity index (χ1n) is 6.83. The first-order valence-corrected chi connectivity index (χ1v) is 6.83. The number of carbonyl (C=O) groups excluding carboxylic acids is 1. The fourth-order valence-electron chi connectivity index (χ4n) is 1.93. The summed E-state index contributed by atoms with van der Waals surface area (Å²) >= 11 is 0. The third-order valence-electron chi connectivity index (χ3n) is 3.44. The van der Waals surface area contributed by atoms with Crippen molar-refractivity contribution in [1.29, 1.82) is 0 Å². The third kappa shape index (κ3) is 4.24. The number of nitrogens with one attached hydrogen (secondary N) is 1. The highest BCUT2D eigenvalue weighted by Gasteiger charge is 2.28. The van der Waals surface area contributed by atoms with Gasteiger partial charge in [0.2, 0.25) is 0 Å². The van der Waals surface area contributed by atoms with Crippen molar-refractivity contribution in [3.05, 3.63) is 29.8 Å². The van der Waals surface area contributed by atoms with Crippen LogP contribution in [0.4, 0.5) is 0 Å². The first kappa shape index (κ1) is 13.9. The van der Waals surface area contributed by atoms with Gasteiger partial charge in [0.15, 0.2) is 6.10 Å². The standard InChI is InChI=1S/C15H22N2O2/c1-10-3-7-13(8-4-10)19-11(2)15(18)17-9-14(16)12-5-6-12/h3-4,7-8,11-12,14H,5-6,9,16H2,1-2H3,(H,17,18). The number of benzene rings is 1. The van der Waals surface area contributed by atoms with Crippen molar-refractivity contribution in [2.45, 2.75) is 38.8 Å². The second-order valence-electron chi connectivity index (χ2n) is 5.32. The maximum absolute atomic E-state index is 11.9. The van der Waals surface area contributed by atoms with E-state index in [0.717, 1.165) is 0 Å². The number of hydrogen-bond donors (Lipinski definition) is 2. The monoisotopic (exact) mass is 262 g/mol. The number of amides is 1. The lowest BCUT2D eigenvalue weighted by atomic mass is 10.2. The Kier molecular flexibility index (Phi) is 4.43. The normalized spacial score (nSPS) is 17.6. The molecule has 2 atom stereocenters. The number of rotatable bonds is 6. The van der Waals surface area contributed by atoms with E-state index in [-0.39, 0.29) is 11.9 Å². The molecule has 1 aliphatic rings. The molecule has 104 valence electrons. The summed E-state index contributed by atoms with van der Waals surface area (Å²) in [5.41, 5.74) is 7.11. The fourth-order valence-corrected chi connectivity index (χ4v) is 1.93. The molecule has 1 amide bonds. The van der Waals surface area contributed by atoms with Crippen molar-refractivity contribution >= 4 is 5.91 Å². The second kappa shape index (κ2) is 6.06. The Balaban J connectivity index is 1.76. The predicted octanol–water partition coefficient (Wildman–Crippen LogP) is 1.62. The van der Waals surface area contributed by atoms with Gasteiger partial charge < -0.3 is 15.8 Å². The van der Waals surface area contributed by atoms with Crippen molar-refractivity contribution in [3.63, 3.8) is 0 Å². The zero-order valence-electron chi connectivity index (χ0n) is 11.6. The molecule has 3 N–H and O–H groups in total. The molecule has 19 heavy (non-hydrogen) atoms. The second-order valence-corrected chi connectivity index (χ2v) is 5.32. The molecule has 0 spiro atoms. The topological polar surface area (TPSA) is 64.3 Å². The smallest absolute Gasteiger partial charge is 0.260 e. The zero-order valence-corrected chi connectivity index (χ0v) is 11.6. The molecule has 1 aromatic rings. The van der Waals surface area contributed by atoms with Gasteiger partial charge in [-0.15, -0.1) is 0 Å². The maximum Gasteiger partial charge on any atom is 0.260 e. The van der Waals surface area contributed by atoms with Gasteiger partial charge in [-0.3, -0.25) is 4.79 Å². The Bertz CT molecular complexity index is 426. The summed E-state index contributed by atoms with van der Waals surface area (Å²) in [6, 6.07) is 7.74. The first-order chi connectivity index (χ1) is 9.06. The van der Waals surface area contributed by atoms with E-state index in [9.17, 15) is 4.79 Å². The van der Waals surface area contributed by atoms with Gasteiger partial charge in [0.1, 0.15) is 5.75 Å². The SMILES string of the molecule is Cc1ccc(OC(C)C(=O)NCC(N)C2CC2)cc1. The maximum atomic E-state index is 11.9. The Morgan fingerprint density at radius 3 is 2.63 bits per heavy atom. The molecule has 0 saturated heterocycles. The van der Waals surface area contributed by atoms with Gasteiger partial charge >= 0.3 is 0 Å². The Hall–Kier alpha value is -1.55. The van der Waals surface area contributed by atoms with Gasteiger partial charge in [0, 0.05) is 12.6 Å². The molecular formula is C15H22N2O2. The van der Waals surface area contributed by atoms with E-state index >= 15 is 0 Å². The van der Waals surface area contributed by atoms with Crippen LogP contribution in [0.3, 0.4) is 0 Å². The predicted molar refractivity (Wildman–Crippen MR) is 75.0 cm³/mol.